The molecule has 3 amide bonds. The average molecular weight is 707 g/mol. The molecule has 0 spiro atoms. The summed E-state index contributed by atoms with van der Waals surface area (Å²) in [5.74, 6) is -1.92. The Balaban J connectivity index is 2.14. The predicted octanol–water partition coefficient (Wildman–Crippen LogP) is 5.64. The normalized spacial score (nSPS) is 12.7. The number of carbonyl (C=O) groups excluding carboxylic acids is 4. The van der Waals surface area contributed by atoms with Gasteiger partial charge in [0.15, 0.2) is 0 Å². The maximum absolute atomic E-state index is 13.2. The summed E-state index contributed by atoms with van der Waals surface area (Å²) in [6, 6.07) is 12.9. The number of ether oxygens (including phenoxy) is 2. The van der Waals surface area contributed by atoms with Gasteiger partial charge < -0.3 is 39.7 Å². The van der Waals surface area contributed by atoms with Crippen molar-refractivity contribution in [2.24, 2.45) is 11.8 Å². The maximum atomic E-state index is 13.2. The molecular formula is C34H51N4O10P. The highest BCUT2D eigenvalue weighted by molar-refractivity contribution is 7.46. The van der Waals surface area contributed by atoms with Gasteiger partial charge in [0.1, 0.15) is 12.6 Å². The second-order valence-corrected chi connectivity index (χ2v) is 14.0. The van der Waals surface area contributed by atoms with Gasteiger partial charge in [0.25, 0.3) is 5.91 Å². The largest absolute Gasteiger partial charge is 0.470 e. The number of likely N-dealkylation sites (N-methyl/N-ethyl adjacent to an activating group) is 1. The molecule has 0 aliphatic rings. The second kappa shape index (κ2) is 19.3. The number of amides is 3. The van der Waals surface area contributed by atoms with E-state index in [0.717, 1.165) is 41.7 Å². The number of hydrogen-bond acceptors (Lipinski definition) is 9. The average Bonchev–Trinajstić information content (AvgIpc) is 2.98. The minimum absolute atomic E-state index is 0.0281. The zero-order chi connectivity index (χ0) is 36.9. The Morgan fingerprint density at radius 1 is 0.878 bits per heavy atom. The monoisotopic (exact) mass is 706 g/mol. The number of phosphoric ester groups is 1. The third-order valence-corrected chi connectivity index (χ3v) is 7.88. The van der Waals surface area contributed by atoms with Gasteiger partial charge in [0.2, 0.25) is 6.79 Å². The Labute approximate surface area is 288 Å². The highest BCUT2D eigenvalue weighted by Gasteiger charge is 2.28. The third kappa shape index (κ3) is 15.0. The Morgan fingerprint density at radius 3 is 2.02 bits per heavy atom. The first kappa shape index (κ1) is 41.2. The van der Waals surface area contributed by atoms with Crippen molar-refractivity contribution in [2.45, 2.75) is 73.3 Å². The molecule has 272 valence electrons. The highest BCUT2D eigenvalue weighted by Crippen LogP contribution is 2.38. The smallest absolute Gasteiger partial charge is 0.428 e. The summed E-state index contributed by atoms with van der Waals surface area (Å²) in [6.07, 6.45) is -0.949. The van der Waals surface area contributed by atoms with Crippen molar-refractivity contribution in [3.8, 4) is 0 Å². The molecule has 2 aromatic rings. The molecule has 0 aliphatic heterocycles. The van der Waals surface area contributed by atoms with E-state index in [1.54, 1.807) is 0 Å². The van der Waals surface area contributed by atoms with Crippen molar-refractivity contribution in [1.82, 2.24) is 4.90 Å². The van der Waals surface area contributed by atoms with Gasteiger partial charge in [-0.05, 0) is 67.9 Å². The Kier molecular flexibility index (Phi) is 16.2. The van der Waals surface area contributed by atoms with Crippen LogP contribution in [0.1, 0.15) is 71.4 Å². The zero-order valence-corrected chi connectivity index (χ0v) is 30.5. The molecule has 0 aromatic heterocycles. The van der Waals surface area contributed by atoms with E-state index < -0.39 is 51.1 Å². The number of urea groups is 1. The Hall–Kier alpha value is -3.97. The molecule has 2 unspecified atom stereocenters. The lowest BCUT2D eigenvalue weighted by atomic mass is 9.92. The zero-order valence-electron chi connectivity index (χ0n) is 29.6. The lowest BCUT2D eigenvalue weighted by Crippen LogP contribution is -2.39. The summed E-state index contributed by atoms with van der Waals surface area (Å²) in [7, 11) is -3.67. The van der Waals surface area contributed by atoms with Crippen LogP contribution in [0.2, 0.25) is 0 Å². The van der Waals surface area contributed by atoms with E-state index in [-0.39, 0.29) is 12.3 Å². The summed E-state index contributed by atoms with van der Waals surface area (Å²) < 4.78 is 25.4. The van der Waals surface area contributed by atoms with Gasteiger partial charge in [0, 0.05) is 25.8 Å². The molecule has 15 heteroatoms. The van der Waals surface area contributed by atoms with Crippen LogP contribution in [0.4, 0.5) is 21.9 Å². The summed E-state index contributed by atoms with van der Waals surface area (Å²) in [4.78, 5) is 71.2. The van der Waals surface area contributed by atoms with E-state index in [4.69, 9.17) is 19.3 Å². The number of nitrogens with one attached hydrogen (secondary N) is 2. The van der Waals surface area contributed by atoms with E-state index in [0.29, 0.717) is 29.6 Å². The number of aryl methyl sites for hydroxylation is 1. The van der Waals surface area contributed by atoms with Crippen molar-refractivity contribution in [1.29, 1.82) is 0 Å². The molecule has 0 saturated carbocycles. The first-order valence-corrected chi connectivity index (χ1v) is 17.7. The molecule has 0 heterocycles. The van der Waals surface area contributed by atoms with Gasteiger partial charge in [-0.1, -0.05) is 58.4 Å². The van der Waals surface area contributed by atoms with Crippen LogP contribution in [-0.4, -0.2) is 78.1 Å². The molecule has 0 aliphatic carbocycles. The van der Waals surface area contributed by atoms with Gasteiger partial charge >= 0.3 is 25.8 Å². The number of benzene rings is 2. The standard InChI is InChI=1S/C34H51N4O10P/c1-9-26(17-31(39)46-21-47-32(40)20-37(8)33(41)25(7)48-49(43,44)45)27-12-15-30(38(18-22(2)3)19-23(4)5)29(16-27)36-34(42)35-28-13-10-24(6)11-14-28/h10-16,22-23,25-26H,9,17-21H2,1-8H3,(H2,35,36,42)(H2,43,44,45). The fraction of sp³-hybridized carbons (Fsp3) is 0.529. The van der Waals surface area contributed by atoms with Crippen LogP contribution in [0.3, 0.4) is 0 Å². The Bertz CT molecular complexity index is 1450. The molecule has 2 aromatic carbocycles. The van der Waals surface area contributed by atoms with E-state index in [2.05, 4.69) is 47.8 Å². The van der Waals surface area contributed by atoms with Crippen LogP contribution in [0.25, 0.3) is 0 Å². The van der Waals surface area contributed by atoms with Gasteiger partial charge in [-0.3, -0.25) is 18.9 Å². The maximum Gasteiger partial charge on any atom is 0.470 e. The van der Waals surface area contributed by atoms with Crippen LogP contribution in [0.5, 0.6) is 0 Å². The summed E-state index contributed by atoms with van der Waals surface area (Å²) >= 11 is 0. The molecule has 2 atom stereocenters. The van der Waals surface area contributed by atoms with Gasteiger partial charge in [0.05, 0.1) is 17.8 Å². The molecular weight excluding hydrogens is 655 g/mol. The fourth-order valence-corrected chi connectivity index (χ4v) is 5.56. The minimum Gasteiger partial charge on any atom is -0.428 e. The van der Waals surface area contributed by atoms with Crippen LogP contribution in [0, 0.1) is 18.8 Å². The highest BCUT2D eigenvalue weighted by atomic mass is 31.2. The number of phosphoric acid groups is 1. The van der Waals surface area contributed by atoms with Crippen molar-refractivity contribution >= 4 is 48.8 Å². The molecule has 14 nitrogen and oxygen atoms in total. The number of rotatable bonds is 18. The van der Waals surface area contributed by atoms with Crippen molar-refractivity contribution < 1.29 is 47.5 Å². The molecule has 0 saturated heterocycles. The predicted molar refractivity (Wildman–Crippen MR) is 187 cm³/mol. The van der Waals surface area contributed by atoms with Crippen molar-refractivity contribution in [3.63, 3.8) is 0 Å². The van der Waals surface area contributed by atoms with E-state index in [9.17, 15) is 23.7 Å². The lowest BCUT2D eigenvalue weighted by molar-refractivity contribution is -0.169. The fourth-order valence-electron chi connectivity index (χ4n) is 5.06. The molecule has 0 fully saturated rings. The second-order valence-electron chi connectivity index (χ2n) is 12.8. The lowest BCUT2D eigenvalue weighted by Gasteiger charge is -2.31. The molecule has 0 radical (unpaired) electrons. The van der Waals surface area contributed by atoms with Gasteiger partial charge in [-0.15, -0.1) is 0 Å². The number of carbonyl (C=O) groups is 4. The van der Waals surface area contributed by atoms with Crippen LogP contribution in [-0.2, 0) is 32.9 Å². The van der Waals surface area contributed by atoms with Crippen LogP contribution < -0.4 is 15.5 Å². The third-order valence-electron chi connectivity index (χ3n) is 7.29. The molecule has 2 rings (SSSR count). The SMILES string of the molecule is CCC(CC(=O)OCOC(=O)CN(C)C(=O)C(C)OP(=O)(O)O)c1ccc(N(CC(C)C)CC(C)C)c(NC(=O)Nc2ccc(C)cc2)c1. The molecule has 49 heavy (non-hydrogen) atoms. The van der Waals surface area contributed by atoms with Crippen molar-refractivity contribution in [2.75, 3.05) is 49.0 Å². The number of hydrogen-bond donors (Lipinski definition) is 4. The molecule has 4 N–H and O–H groups in total. The van der Waals surface area contributed by atoms with E-state index >= 15 is 0 Å². The summed E-state index contributed by atoms with van der Waals surface area (Å²) in [5.41, 5.74) is 4.00. The van der Waals surface area contributed by atoms with E-state index in [1.807, 2.05) is 56.3 Å². The number of esters is 2. The first-order chi connectivity index (χ1) is 22.9. The van der Waals surface area contributed by atoms with E-state index in [1.165, 1.54) is 7.05 Å². The Morgan fingerprint density at radius 2 is 1.47 bits per heavy atom. The van der Waals surface area contributed by atoms with Gasteiger partial charge in [-0.2, -0.15) is 0 Å². The number of anilines is 3. The summed E-state index contributed by atoms with van der Waals surface area (Å²) in [5, 5.41) is 5.90. The summed E-state index contributed by atoms with van der Waals surface area (Å²) in [6.45, 7) is 13.9. The van der Waals surface area contributed by atoms with Crippen LogP contribution in [0.15, 0.2) is 42.5 Å². The topological polar surface area (TPSA) is 184 Å². The minimum atomic E-state index is -4.90. The van der Waals surface area contributed by atoms with Crippen LogP contribution >= 0.6 is 7.82 Å². The molecule has 0 bridgehead atoms. The van der Waals surface area contributed by atoms with Gasteiger partial charge in [-0.25, -0.2) is 9.36 Å². The quantitative estimate of drug-likeness (QED) is 0.0855. The first-order valence-electron chi connectivity index (χ1n) is 16.2. The van der Waals surface area contributed by atoms with Crippen molar-refractivity contribution in [3.05, 3.63) is 53.6 Å². The number of nitrogens with zero attached hydrogens (tertiary/aromatic N) is 2.